The van der Waals surface area contributed by atoms with Gasteiger partial charge in [-0.15, -0.1) is 11.6 Å². The van der Waals surface area contributed by atoms with Gasteiger partial charge in [0.1, 0.15) is 11.1 Å². The average Bonchev–Trinajstić information content (AvgIpc) is 2.62. The first-order valence-electron chi connectivity index (χ1n) is 7.92. The second-order valence-corrected chi connectivity index (χ2v) is 8.38. The number of pyridine rings is 1. The zero-order chi connectivity index (χ0) is 18.4. The van der Waals surface area contributed by atoms with Gasteiger partial charge in [0, 0.05) is 18.9 Å². The molecule has 7 heteroatoms. The number of hydrogen-bond acceptors (Lipinski definition) is 4. The minimum Gasteiger partial charge on any atom is -0.353 e. The third-order valence-electron chi connectivity index (χ3n) is 3.91. The molecule has 134 valence electrons. The van der Waals surface area contributed by atoms with Crippen molar-refractivity contribution in [1.82, 2.24) is 10.3 Å². The molecule has 0 radical (unpaired) electrons. The molecule has 0 saturated heterocycles. The summed E-state index contributed by atoms with van der Waals surface area (Å²) in [5.74, 6) is -0.321. The maximum absolute atomic E-state index is 13.1. The highest BCUT2D eigenvalue weighted by molar-refractivity contribution is 7.91. The van der Waals surface area contributed by atoms with E-state index in [0.29, 0.717) is 11.5 Å². The van der Waals surface area contributed by atoms with Gasteiger partial charge in [0.05, 0.1) is 4.90 Å². The number of carbonyl (C=O) groups is 1. The Morgan fingerprint density at radius 1 is 1.16 bits per heavy atom. The number of halogens is 1. The van der Waals surface area contributed by atoms with Gasteiger partial charge < -0.3 is 5.32 Å². The molecule has 1 aromatic heterocycles. The molecule has 0 aliphatic heterocycles. The van der Waals surface area contributed by atoms with Gasteiger partial charge >= 0.3 is 0 Å². The predicted octanol–water partition coefficient (Wildman–Crippen LogP) is 3.08. The fourth-order valence-electron chi connectivity index (χ4n) is 2.43. The molecule has 2 aromatic rings. The largest absolute Gasteiger partial charge is 0.353 e. The number of sulfone groups is 1. The summed E-state index contributed by atoms with van der Waals surface area (Å²) in [6.07, 6.45) is 3.07. The van der Waals surface area contributed by atoms with Crippen molar-refractivity contribution in [1.29, 1.82) is 0 Å². The molecule has 5 nitrogen and oxygen atoms in total. The molecule has 0 unspecified atom stereocenters. The highest BCUT2D eigenvalue weighted by Crippen LogP contribution is 2.29. The van der Waals surface area contributed by atoms with Crippen LogP contribution in [0.15, 0.2) is 53.7 Å². The molecule has 1 amide bonds. The van der Waals surface area contributed by atoms with Crippen molar-refractivity contribution in [3.8, 4) is 0 Å². The zero-order valence-electron chi connectivity index (χ0n) is 14.1. The molecule has 0 fully saturated rings. The van der Waals surface area contributed by atoms with Crippen molar-refractivity contribution in [3.05, 3.63) is 59.9 Å². The Kier molecular flexibility index (Phi) is 6.56. The maximum Gasteiger partial charge on any atom is 0.234 e. The van der Waals surface area contributed by atoms with Crippen LogP contribution in [-0.2, 0) is 14.6 Å². The van der Waals surface area contributed by atoms with Gasteiger partial charge in [-0.2, -0.15) is 0 Å². The molecular formula is C18H21ClN2O3S. The summed E-state index contributed by atoms with van der Waals surface area (Å²) < 4.78 is 26.2. The highest BCUT2D eigenvalue weighted by Gasteiger charge is 2.29. The minimum atomic E-state index is -3.70. The molecule has 1 heterocycles. The zero-order valence-corrected chi connectivity index (χ0v) is 15.7. The summed E-state index contributed by atoms with van der Waals surface area (Å²) in [4.78, 5) is 15.7. The van der Waals surface area contributed by atoms with E-state index >= 15 is 0 Å². The number of alkyl halides is 1. The Morgan fingerprint density at radius 3 is 2.36 bits per heavy atom. The van der Waals surface area contributed by atoms with Crippen molar-refractivity contribution in [2.45, 2.75) is 29.9 Å². The van der Waals surface area contributed by atoms with E-state index in [0.717, 1.165) is 5.56 Å². The van der Waals surface area contributed by atoms with Gasteiger partial charge in [-0.05, 0) is 35.2 Å². The van der Waals surface area contributed by atoms with E-state index in [1.165, 1.54) is 6.20 Å². The number of nitrogens with zero attached hydrogens (tertiary/aromatic N) is 1. The summed E-state index contributed by atoms with van der Waals surface area (Å²) in [6, 6.07) is 10.2. The highest BCUT2D eigenvalue weighted by atomic mass is 35.5. The van der Waals surface area contributed by atoms with Gasteiger partial charge in [0.15, 0.2) is 9.84 Å². The molecule has 1 atom stereocenters. The summed E-state index contributed by atoms with van der Waals surface area (Å²) in [7, 11) is -3.70. The lowest BCUT2D eigenvalue weighted by atomic mass is 10.0. The normalized spacial score (nSPS) is 12.8. The van der Waals surface area contributed by atoms with Crippen LogP contribution in [0, 0.1) is 0 Å². The Balaban J connectivity index is 2.38. The number of benzene rings is 1. The molecule has 1 N–H and O–H groups in total. The Bertz CT molecular complexity index is 806. The standard InChI is InChI=1S/C18H21ClN2O3S/c1-13(2)14-5-7-16(8-6-14)25(23,24)17(12-21-18(22)10-19)15-4-3-9-20-11-15/h3-9,11,13,17H,10,12H2,1-2H3,(H,21,22)/t17-/m0/s1. The molecular weight excluding hydrogens is 360 g/mol. The lowest BCUT2D eigenvalue weighted by Crippen LogP contribution is -2.32. The molecule has 0 saturated carbocycles. The number of nitrogens with one attached hydrogen (secondary N) is 1. The first-order valence-corrected chi connectivity index (χ1v) is 10.0. The van der Waals surface area contributed by atoms with E-state index in [1.54, 1.807) is 30.5 Å². The van der Waals surface area contributed by atoms with E-state index in [9.17, 15) is 13.2 Å². The second kappa shape index (κ2) is 8.45. The molecule has 0 spiro atoms. The van der Waals surface area contributed by atoms with Crippen molar-refractivity contribution < 1.29 is 13.2 Å². The summed E-state index contributed by atoms with van der Waals surface area (Å²) in [6.45, 7) is 4.03. The summed E-state index contributed by atoms with van der Waals surface area (Å²) >= 11 is 5.49. The fourth-order valence-corrected chi connectivity index (χ4v) is 4.17. The minimum absolute atomic E-state index is 0.0640. The van der Waals surface area contributed by atoms with Gasteiger partial charge in [0.2, 0.25) is 5.91 Å². The van der Waals surface area contributed by atoms with Gasteiger partial charge in [-0.25, -0.2) is 8.42 Å². The smallest absolute Gasteiger partial charge is 0.234 e. The maximum atomic E-state index is 13.1. The number of carbonyl (C=O) groups excluding carboxylic acids is 1. The van der Waals surface area contributed by atoms with E-state index in [2.05, 4.69) is 10.3 Å². The van der Waals surface area contributed by atoms with E-state index < -0.39 is 21.0 Å². The molecule has 2 rings (SSSR count). The lowest BCUT2D eigenvalue weighted by molar-refractivity contribution is -0.118. The van der Waals surface area contributed by atoms with Crippen LogP contribution in [-0.4, -0.2) is 31.7 Å². The van der Waals surface area contributed by atoms with Crippen molar-refractivity contribution in [3.63, 3.8) is 0 Å². The first-order chi connectivity index (χ1) is 11.9. The van der Waals surface area contributed by atoms with Crippen LogP contribution >= 0.6 is 11.6 Å². The van der Waals surface area contributed by atoms with Crippen LogP contribution in [0.25, 0.3) is 0 Å². The van der Waals surface area contributed by atoms with Crippen LogP contribution in [0.3, 0.4) is 0 Å². The topological polar surface area (TPSA) is 76.1 Å². The van der Waals surface area contributed by atoms with E-state index in [1.807, 2.05) is 26.0 Å². The quantitative estimate of drug-likeness (QED) is 0.749. The third-order valence-corrected chi connectivity index (χ3v) is 6.27. The molecule has 0 aliphatic rings. The van der Waals surface area contributed by atoms with Crippen molar-refractivity contribution in [2.24, 2.45) is 0 Å². The van der Waals surface area contributed by atoms with Crippen LogP contribution < -0.4 is 5.32 Å². The van der Waals surface area contributed by atoms with Crippen molar-refractivity contribution in [2.75, 3.05) is 12.4 Å². The van der Waals surface area contributed by atoms with E-state index in [4.69, 9.17) is 11.6 Å². The fraction of sp³-hybridized carbons (Fsp3) is 0.333. The Labute approximate surface area is 153 Å². The summed E-state index contributed by atoms with van der Waals surface area (Å²) in [5.41, 5.74) is 1.58. The van der Waals surface area contributed by atoms with Crippen LogP contribution in [0.5, 0.6) is 0 Å². The Morgan fingerprint density at radius 2 is 1.84 bits per heavy atom. The van der Waals surface area contributed by atoms with E-state index in [-0.39, 0.29) is 17.3 Å². The number of amides is 1. The molecule has 0 aliphatic carbocycles. The number of hydrogen-bond donors (Lipinski definition) is 1. The van der Waals surface area contributed by atoms with Crippen LogP contribution in [0.2, 0.25) is 0 Å². The van der Waals surface area contributed by atoms with Gasteiger partial charge in [0.25, 0.3) is 0 Å². The SMILES string of the molecule is CC(C)c1ccc(S(=O)(=O)[C@@H](CNC(=O)CCl)c2cccnc2)cc1. The number of aromatic nitrogens is 1. The lowest BCUT2D eigenvalue weighted by Gasteiger charge is -2.19. The van der Waals surface area contributed by atoms with Crippen LogP contribution in [0.4, 0.5) is 0 Å². The van der Waals surface area contributed by atoms with Crippen molar-refractivity contribution >= 4 is 27.3 Å². The molecule has 0 bridgehead atoms. The second-order valence-electron chi connectivity index (χ2n) is 5.98. The monoisotopic (exact) mass is 380 g/mol. The summed E-state index contributed by atoms with van der Waals surface area (Å²) in [5, 5.41) is 1.63. The number of rotatable bonds is 7. The van der Waals surface area contributed by atoms with Gasteiger partial charge in [-0.3, -0.25) is 9.78 Å². The Hall–Kier alpha value is -1.92. The first kappa shape index (κ1) is 19.4. The molecule has 1 aromatic carbocycles. The predicted molar refractivity (Wildman–Crippen MR) is 98.4 cm³/mol. The van der Waals surface area contributed by atoms with Crippen LogP contribution in [0.1, 0.15) is 36.1 Å². The third kappa shape index (κ3) is 4.80. The average molecular weight is 381 g/mol. The molecule has 25 heavy (non-hydrogen) atoms. The van der Waals surface area contributed by atoms with Gasteiger partial charge in [-0.1, -0.05) is 32.0 Å².